The highest BCUT2D eigenvalue weighted by molar-refractivity contribution is 5.55. The zero-order valence-corrected chi connectivity index (χ0v) is 18.3. The second-order valence-electron chi connectivity index (χ2n) is 8.00. The zero-order valence-electron chi connectivity index (χ0n) is 18.3. The van der Waals surface area contributed by atoms with E-state index in [1.807, 2.05) is 6.92 Å². The Labute approximate surface area is 176 Å². The Morgan fingerprint density at radius 3 is 2.21 bits per heavy atom. The molecular weight excluding hydrogens is 360 g/mol. The summed E-state index contributed by atoms with van der Waals surface area (Å²) in [5, 5.41) is 9.30. The lowest BCUT2D eigenvalue weighted by atomic mass is 10.0. The van der Waals surface area contributed by atoms with Gasteiger partial charge in [-0.3, -0.25) is 0 Å². The molecule has 0 fully saturated rings. The van der Waals surface area contributed by atoms with Crippen molar-refractivity contribution in [3.8, 4) is 17.1 Å². The second-order valence-corrected chi connectivity index (χ2v) is 8.00. The van der Waals surface area contributed by atoms with Crippen LogP contribution in [0.2, 0.25) is 0 Å². The first-order valence-corrected chi connectivity index (χ1v) is 11.4. The van der Waals surface area contributed by atoms with E-state index in [0.29, 0.717) is 0 Å². The van der Waals surface area contributed by atoms with E-state index in [0.717, 1.165) is 62.3 Å². The summed E-state index contributed by atoms with van der Waals surface area (Å²) in [7, 11) is 0. The van der Waals surface area contributed by atoms with Gasteiger partial charge in [-0.15, -0.1) is 0 Å². The molecule has 1 aromatic carbocycles. The molecule has 160 valence electrons. The van der Waals surface area contributed by atoms with Gasteiger partial charge in [-0.1, -0.05) is 76.1 Å². The molecule has 2 aromatic rings. The number of nitrogens with zero attached hydrogens (tertiary/aromatic N) is 2. The number of ether oxygens (including phenoxy) is 1. The number of hydrogen-bond donors (Lipinski definition) is 1. The lowest BCUT2D eigenvalue weighted by molar-refractivity contribution is 0.180. The molecule has 29 heavy (non-hydrogen) atoms. The molecule has 0 aliphatic carbocycles. The van der Waals surface area contributed by atoms with E-state index in [4.69, 9.17) is 4.74 Å². The van der Waals surface area contributed by atoms with Crippen LogP contribution in [-0.2, 0) is 6.42 Å². The summed E-state index contributed by atoms with van der Waals surface area (Å²) in [5.74, 6) is 1.48. The molecule has 2 rings (SSSR count). The highest BCUT2D eigenvalue weighted by Crippen LogP contribution is 2.19. The van der Waals surface area contributed by atoms with Gasteiger partial charge in [0.15, 0.2) is 11.6 Å². The van der Waals surface area contributed by atoms with E-state index in [2.05, 4.69) is 41.2 Å². The largest absolute Gasteiger partial charge is 0.490 e. The van der Waals surface area contributed by atoms with Crippen molar-refractivity contribution in [3.05, 3.63) is 42.2 Å². The van der Waals surface area contributed by atoms with Gasteiger partial charge in [-0.25, -0.2) is 9.97 Å². The monoisotopic (exact) mass is 398 g/mol. The van der Waals surface area contributed by atoms with Crippen LogP contribution in [0.3, 0.4) is 0 Å². The van der Waals surface area contributed by atoms with E-state index < -0.39 is 0 Å². The van der Waals surface area contributed by atoms with E-state index in [1.54, 1.807) is 12.4 Å². The zero-order chi connectivity index (χ0) is 20.7. The third kappa shape index (κ3) is 9.89. The topological polar surface area (TPSA) is 55.2 Å². The van der Waals surface area contributed by atoms with Crippen molar-refractivity contribution in [2.75, 3.05) is 6.61 Å². The molecule has 0 spiro atoms. The normalized spacial score (nSPS) is 12.1. The lowest BCUT2D eigenvalue weighted by Gasteiger charge is -2.07. The number of unbranched alkanes of at least 4 members (excludes halogenated alkanes) is 7. The Kier molecular flexibility index (Phi) is 11.4. The number of aliphatic hydroxyl groups is 1. The molecule has 0 aliphatic heterocycles. The smallest absolute Gasteiger partial charge is 0.159 e. The Hall–Kier alpha value is -1.94. The minimum Gasteiger partial charge on any atom is -0.490 e. The summed E-state index contributed by atoms with van der Waals surface area (Å²) < 4.78 is 5.76. The van der Waals surface area contributed by atoms with Gasteiger partial charge >= 0.3 is 0 Å². The number of benzene rings is 1. The van der Waals surface area contributed by atoms with Crippen LogP contribution in [0.15, 0.2) is 36.7 Å². The van der Waals surface area contributed by atoms with Crippen molar-refractivity contribution in [2.24, 2.45) is 0 Å². The van der Waals surface area contributed by atoms with Crippen molar-refractivity contribution in [2.45, 2.75) is 90.6 Å². The molecule has 1 N–H and O–H groups in total. The van der Waals surface area contributed by atoms with Crippen LogP contribution < -0.4 is 4.74 Å². The first kappa shape index (κ1) is 23.3. The van der Waals surface area contributed by atoms with Crippen molar-refractivity contribution < 1.29 is 9.84 Å². The van der Waals surface area contributed by atoms with Crippen molar-refractivity contribution in [3.63, 3.8) is 0 Å². The van der Waals surface area contributed by atoms with Crippen molar-refractivity contribution >= 4 is 0 Å². The van der Waals surface area contributed by atoms with E-state index in [1.165, 1.54) is 37.7 Å². The van der Waals surface area contributed by atoms with Crippen molar-refractivity contribution in [1.82, 2.24) is 9.97 Å². The quantitative estimate of drug-likeness (QED) is 0.354. The predicted octanol–water partition coefficient (Wildman–Crippen LogP) is 6.37. The summed E-state index contributed by atoms with van der Waals surface area (Å²) in [6, 6.07) is 8.52. The molecule has 4 nitrogen and oxygen atoms in total. The highest BCUT2D eigenvalue weighted by Gasteiger charge is 2.03. The van der Waals surface area contributed by atoms with Crippen molar-refractivity contribution in [1.29, 1.82) is 0 Å². The summed E-state index contributed by atoms with van der Waals surface area (Å²) >= 11 is 0. The standard InChI is InChI=1S/C25H38N2O2/c1-3-4-5-6-7-11-18-29-24-19-26-25(27-20-24)23-16-14-22(15-17-23)13-10-8-9-12-21(2)28/h14-17,19-21,28H,3-13,18H2,1-2H3. The van der Waals surface area contributed by atoms with Crippen LogP contribution in [-0.4, -0.2) is 27.8 Å². The first-order chi connectivity index (χ1) is 14.2. The van der Waals surface area contributed by atoms with Crippen LogP contribution in [0.4, 0.5) is 0 Å². The van der Waals surface area contributed by atoms with E-state index in [9.17, 15) is 5.11 Å². The molecule has 0 saturated carbocycles. The highest BCUT2D eigenvalue weighted by atomic mass is 16.5. The van der Waals surface area contributed by atoms with Gasteiger partial charge < -0.3 is 9.84 Å². The third-order valence-corrected chi connectivity index (χ3v) is 5.19. The first-order valence-electron chi connectivity index (χ1n) is 11.4. The molecule has 0 aliphatic rings. The Balaban J connectivity index is 1.69. The van der Waals surface area contributed by atoms with Gasteiger partial charge in [0.25, 0.3) is 0 Å². The molecule has 1 heterocycles. The molecule has 1 aromatic heterocycles. The average Bonchev–Trinajstić information content (AvgIpc) is 2.74. The second kappa shape index (κ2) is 14.1. The molecule has 1 atom stereocenters. The van der Waals surface area contributed by atoms with Gasteiger partial charge in [0.05, 0.1) is 25.1 Å². The summed E-state index contributed by atoms with van der Waals surface area (Å²) in [4.78, 5) is 8.92. The molecule has 0 amide bonds. The van der Waals surface area contributed by atoms with Crippen LogP contribution in [0.25, 0.3) is 11.4 Å². The minimum absolute atomic E-state index is 0.179. The fourth-order valence-electron chi connectivity index (χ4n) is 3.38. The van der Waals surface area contributed by atoms with Crippen LogP contribution in [0.5, 0.6) is 5.75 Å². The van der Waals surface area contributed by atoms with E-state index >= 15 is 0 Å². The molecule has 0 radical (unpaired) electrons. The SMILES string of the molecule is CCCCCCCCOc1cnc(-c2ccc(CCCCCC(C)O)cc2)nc1. The van der Waals surface area contributed by atoms with Gasteiger partial charge in [0.1, 0.15) is 0 Å². The van der Waals surface area contributed by atoms with Crippen LogP contribution in [0, 0.1) is 0 Å². The Bertz CT molecular complexity index is 654. The lowest BCUT2D eigenvalue weighted by Crippen LogP contribution is -1.99. The Morgan fingerprint density at radius 2 is 1.52 bits per heavy atom. The van der Waals surface area contributed by atoms with Gasteiger partial charge in [-0.05, 0) is 38.2 Å². The molecule has 0 bridgehead atoms. The van der Waals surface area contributed by atoms with Gasteiger partial charge in [-0.2, -0.15) is 0 Å². The number of aromatic nitrogens is 2. The summed E-state index contributed by atoms with van der Waals surface area (Å²) in [5.41, 5.74) is 2.37. The predicted molar refractivity (Wildman–Crippen MR) is 120 cm³/mol. The Morgan fingerprint density at radius 1 is 0.862 bits per heavy atom. The molecule has 1 unspecified atom stereocenters. The van der Waals surface area contributed by atoms with Gasteiger partial charge in [0.2, 0.25) is 0 Å². The van der Waals surface area contributed by atoms with Gasteiger partial charge in [0, 0.05) is 5.56 Å². The maximum absolute atomic E-state index is 9.30. The number of aliphatic hydroxyl groups excluding tert-OH is 1. The molecule has 4 heteroatoms. The average molecular weight is 399 g/mol. The summed E-state index contributed by atoms with van der Waals surface area (Å²) in [6.07, 6.45) is 16.3. The molecular formula is C25H38N2O2. The van der Waals surface area contributed by atoms with E-state index in [-0.39, 0.29) is 6.10 Å². The molecule has 0 saturated heterocycles. The van der Waals surface area contributed by atoms with Crippen LogP contribution in [0.1, 0.15) is 83.6 Å². The summed E-state index contributed by atoms with van der Waals surface area (Å²) in [6.45, 7) is 4.83. The third-order valence-electron chi connectivity index (χ3n) is 5.19. The fourth-order valence-corrected chi connectivity index (χ4v) is 3.38. The minimum atomic E-state index is -0.179. The number of hydrogen-bond acceptors (Lipinski definition) is 4. The van der Waals surface area contributed by atoms with Crippen LogP contribution >= 0.6 is 0 Å². The number of aryl methyl sites for hydroxylation is 1. The maximum atomic E-state index is 9.30. The maximum Gasteiger partial charge on any atom is 0.159 e. The number of rotatable bonds is 15. The fraction of sp³-hybridized carbons (Fsp3) is 0.600.